The van der Waals surface area contributed by atoms with Gasteiger partial charge in [0.1, 0.15) is 5.78 Å². The number of hydrazine groups is 1. The molecule has 0 saturated heterocycles. The minimum Gasteiger partial charge on any atom is -0.299 e. The zero-order valence-corrected chi connectivity index (χ0v) is 4.64. The van der Waals surface area contributed by atoms with Crippen LogP contribution in [0.5, 0.6) is 0 Å². The summed E-state index contributed by atoms with van der Waals surface area (Å²) in [6.45, 7) is 1.84. The maximum atomic E-state index is 10.1. The summed E-state index contributed by atoms with van der Waals surface area (Å²) in [7, 11) is 1.65. The second-order valence-corrected chi connectivity index (χ2v) is 1.62. The van der Waals surface area contributed by atoms with Gasteiger partial charge >= 0.3 is 0 Å². The summed E-state index contributed by atoms with van der Waals surface area (Å²) in [5.74, 6) is 5.19. The highest BCUT2D eigenvalue weighted by atomic mass is 16.1. The third kappa shape index (κ3) is 5.59. The Labute approximate surface area is 43.1 Å². The van der Waals surface area contributed by atoms with Gasteiger partial charge in [0.2, 0.25) is 0 Å². The van der Waals surface area contributed by atoms with E-state index in [0.717, 1.165) is 0 Å². The summed E-state index contributed by atoms with van der Waals surface area (Å²) in [6, 6.07) is 0. The molecule has 7 heavy (non-hydrogen) atoms. The van der Waals surface area contributed by atoms with E-state index in [4.69, 9.17) is 5.84 Å². The van der Waals surface area contributed by atoms with Crippen LogP contribution in [-0.2, 0) is 4.79 Å². The first-order chi connectivity index (χ1) is 3.13. The number of hydrogen-bond acceptors (Lipinski definition) is 3. The van der Waals surface area contributed by atoms with Crippen molar-refractivity contribution in [1.29, 1.82) is 0 Å². The molecule has 0 radical (unpaired) electrons. The van der Waals surface area contributed by atoms with Crippen LogP contribution >= 0.6 is 0 Å². The zero-order valence-electron chi connectivity index (χ0n) is 4.64. The predicted molar refractivity (Wildman–Crippen MR) is 27.5 cm³/mol. The van der Waals surface area contributed by atoms with Crippen molar-refractivity contribution in [2.24, 2.45) is 5.84 Å². The predicted octanol–water partition coefficient (Wildman–Crippen LogP) is -0.619. The van der Waals surface area contributed by atoms with Gasteiger partial charge in [-0.3, -0.25) is 10.6 Å². The van der Waals surface area contributed by atoms with Gasteiger partial charge in [0.05, 0.1) is 6.54 Å². The van der Waals surface area contributed by atoms with E-state index in [9.17, 15) is 4.79 Å². The molecule has 2 N–H and O–H groups in total. The molecule has 3 nitrogen and oxygen atoms in total. The fraction of sp³-hybridized carbons (Fsp3) is 0.750. The molecule has 0 spiro atoms. The summed E-state index contributed by atoms with van der Waals surface area (Å²) in [5, 5.41) is 1.35. The van der Waals surface area contributed by atoms with E-state index in [2.05, 4.69) is 0 Å². The minimum atomic E-state index is 0.0880. The van der Waals surface area contributed by atoms with Crippen molar-refractivity contribution in [3.63, 3.8) is 0 Å². The Morgan fingerprint density at radius 1 is 1.86 bits per heavy atom. The monoisotopic (exact) mass is 102 g/mol. The Kier molecular flexibility index (Phi) is 2.55. The molecule has 0 aromatic heterocycles. The zero-order chi connectivity index (χ0) is 5.86. The first-order valence-electron chi connectivity index (χ1n) is 2.08. The van der Waals surface area contributed by atoms with Gasteiger partial charge in [0.25, 0.3) is 0 Å². The lowest BCUT2D eigenvalue weighted by atomic mass is 10.4. The van der Waals surface area contributed by atoms with Crippen LogP contribution in [-0.4, -0.2) is 24.4 Å². The number of Topliss-reactive ketones (excluding diaryl/α,β-unsaturated/α-hetero) is 1. The molecular weight excluding hydrogens is 92.1 g/mol. The Bertz CT molecular complexity index is 70.1. The molecule has 0 saturated carbocycles. The van der Waals surface area contributed by atoms with Crippen molar-refractivity contribution < 1.29 is 4.79 Å². The van der Waals surface area contributed by atoms with Crippen molar-refractivity contribution >= 4 is 5.78 Å². The Hall–Kier alpha value is -0.410. The summed E-state index contributed by atoms with van der Waals surface area (Å²) in [5.41, 5.74) is 0. The maximum absolute atomic E-state index is 10.1. The van der Waals surface area contributed by atoms with Gasteiger partial charge in [-0.1, -0.05) is 0 Å². The van der Waals surface area contributed by atoms with Crippen LogP contribution in [0.3, 0.4) is 0 Å². The van der Waals surface area contributed by atoms with E-state index < -0.39 is 0 Å². The second kappa shape index (κ2) is 2.71. The molecular formula is C4H10N2O. The third-order valence-electron chi connectivity index (χ3n) is 0.472. The molecule has 42 valence electrons. The van der Waals surface area contributed by atoms with Gasteiger partial charge < -0.3 is 0 Å². The highest BCUT2D eigenvalue weighted by Crippen LogP contribution is 1.68. The normalized spacial score (nSPS) is 9.71. The Balaban J connectivity index is 3.13. The highest BCUT2D eigenvalue weighted by Gasteiger charge is 1.91. The van der Waals surface area contributed by atoms with E-state index in [1.54, 1.807) is 7.05 Å². The lowest BCUT2D eigenvalue weighted by molar-refractivity contribution is -0.117. The smallest absolute Gasteiger partial charge is 0.145 e. The number of ketones is 1. The van der Waals surface area contributed by atoms with Crippen molar-refractivity contribution in [2.45, 2.75) is 6.92 Å². The van der Waals surface area contributed by atoms with Crippen LogP contribution in [0, 0.1) is 0 Å². The molecule has 0 aromatic rings. The standard InChI is InChI=1S/C4H10N2O/c1-4(7)3-6(2)5/h3,5H2,1-2H3. The molecule has 0 fully saturated rings. The number of nitrogens with two attached hydrogens (primary N) is 1. The highest BCUT2D eigenvalue weighted by molar-refractivity contribution is 5.77. The van der Waals surface area contributed by atoms with Crippen molar-refractivity contribution in [3.8, 4) is 0 Å². The first-order valence-corrected chi connectivity index (χ1v) is 2.08. The second-order valence-electron chi connectivity index (χ2n) is 1.62. The largest absolute Gasteiger partial charge is 0.299 e. The topological polar surface area (TPSA) is 46.3 Å². The van der Waals surface area contributed by atoms with E-state index in [1.807, 2.05) is 0 Å². The van der Waals surface area contributed by atoms with E-state index >= 15 is 0 Å². The van der Waals surface area contributed by atoms with Crippen LogP contribution in [0.15, 0.2) is 0 Å². The SMILES string of the molecule is CC(=O)CN(C)N. The van der Waals surface area contributed by atoms with Crippen molar-refractivity contribution in [1.82, 2.24) is 5.01 Å². The Morgan fingerprint density at radius 3 is 2.29 bits per heavy atom. The lowest BCUT2D eigenvalue weighted by Gasteiger charge is -2.03. The molecule has 0 aliphatic rings. The number of rotatable bonds is 2. The molecule has 0 aliphatic carbocycles. The van der Waals surface area contributed by atoms with Crippen molar-refractivity contribution in [2.75, 3.05) is 13.6 Å². The molecule has 0 bridgehead atoms. The van der Waals surface area contributed by atoms with Crippen molar-refractivity contribution in [3.05, 3.63) is 0 Å². The van der Waals surface area contributed by atoms with Gasteiger partial charge in [-0.25, -0.2) is 5.01 Å². The number of hydrogen-bond donors (Lipinski definition) is 1. The summed E-state index contributed by atoms with van der Waals surface area (Å²) >= 11 is 0. The molecule has 0 aromatic carbocycles. The number of carbonyl (C=O) groups excluding carboxylic acids is 1. The van der Waals surface area contributed by atoms with E-state index in [0.29, 0.717) is 6.54 Å². The molecule has 0 rings (SSSR count). The molecule has 0 atom stereocenters. The lowest BCUT2D eigenvalue weighted by Crippen LogP contribution is -2.30. The maximum Gasteiger partial charge on any atom is 0.145 e. The van der Waals surface area contributed by atoms with Crippen LogP contribution in [0.1, 0.15) is 6.92 Å². The van der Waals surface area contributed by atoms with Gasteiger partial charge in [0.15, 0.2) is 0 Å². The molecule has 0 aliphatic heterocycles. The fourth-order valence-corrected chi connectivity index (χ4v) is 0.351. The third-order valence-corrected chi connectivity index (χ3v) is 0.472. The summed E-state index contributed by atoms with van der Waals surface area (Å²) in [6.07, 6.45) is 0. The Morgan fingerprint density at radius 2 is 2.29 bits per heavy atom. The van der Waals surface area contributed by atoms with Gasteiger partial charge in [-0.15, -0.1) is 0 Å². The van der Waals surface area contributed by atoms with E-state index in [-0.39, 0.29) is 5.78 Å². The van der Waals surface area contributed by atoms with Crippen LogP contribution in [0.2, 0.25) is 0 Å². The van der Waals surface area contributed by atoms with Gasteiger partial charge in [0, 0.05) is 7.05 Å². The molecule has 3 heteroatoms. The van der Waals surface area contributed by atoms with Gasteiger partial charge in [-0.2, -0.15) is 0 Å². The van der Waals surface area contributed by atoms with E-state index in [1.165, 1.54) is 11.9 Å². The summed E-state index contributed by atoms with van der Waals surface area (Å²) < 4.78 is 0. The quantitative estimate of drug-likeness (QED) is 0.373. The summed E-state index contributed by atoms with van der Waals surface area (Å²) in [4.78, 5) is 10.1. The van der Waals surface area contributed by atoms with Crippen LogP contribution < -0.4 is 5.84 Å². The number of likely N-dealkylation sites (N-methyl/N-ethyl adjacent to an activating group) is 1. The van der Waals surface area contributed by atoms with Crippen LogP contribution in [0.25, 0.3) is 0 Å². The fourth-order valence-electron chi connectivity index (χ4n) is 0.351. The number of nitrogens with zero attached hydrogens (tertiary/aromatic N) is 1. The minimum absolute atomic E-state index is 0.0880. The average molecular weight is 102 g/mol. The molecule has 0 unspecified atom stereocenters. The average Bonchev–Trinajstić information content (AvgIpc) is 1.27. The molecule has 0 amide bonds. The molecule has 0 heterocycles. The van der Waals surface area contributed by atoms with Gasteiger partial charge in [-0.05, 0) is 6.92 Å². The number of carbonyl (C=O) groups is 1. The van der Waals surface area contributed by atoms with Crippen LogP contribution in [0.4, 0.5) is 0 Å². The first kappa shape index (κ1) is 6.59.